The van der Waals surface area contributed by atoms with Crippen LogP contribution in [0, 0.1) is 13.8 Å². The number of hydrogen-bond acceptors (Lipinski definition) is 5. The second kappa shape index (κ2) is 7.00. The van der Waals surface area contributed by atoms with E-state index in [4.69, 9.17) is 0 Å². The lowest BCUT2D eigenvalue weighted by molar-refractivity contribution is -0.115. The predicted molar refractivity (Wildman–Crippen MR) is 84.7 cm³/mol. The van der Waals surface area contributed by atoms with E-state index in [9.17, 15) is 4.79 Å². The van der Waals surface area contributed by atoms with E-state index in [0.717, 1.165) is 15.4 Å². The first-order valence-corrected chi connectivity index (χ1v) is 7.22. The molecule has 104 valence electrons. The number of nitrogens with one attached hydrogen (secondary N) is 2. The standard InChI is InChI=1S/C12H15N3OS2.ClH/c1-7-4-5-9(17-7)11-8(2)18-12(15-11)14-10(16)6-13-3;/h4-5,13H,6H2,1-3H3,(H,14,15,16);1H. The zero-order valence-corrected chi connectivity index (χ0v) is 13.4. The molecule has 0 atom stereocenters. The van der Waals surface area contributed by atoms with Gasteiger partial charge in [-0.2, -0.15) is 0 Å². The van der Waals surface area contributed by atoms with Crippen LogP contribution in [0.4, 0.5) is 5.13 Å². The summed E-state index contributed by atoms with van der Waals surface area (Å²) in [6.45, 7) is 4.40. The van der Waals surface area contributed by atoms with Crippen molar-refractivity contribution in [3.8, 4) is 10.6 Å². The van der Waals surface area contributed by atoms with Gasteiger partial charge in [-0.1, -0.05) is 0 Å². The molecular weight excluding hydrogens is 302 g/mol. The fourth-order valence-electron chi connectivity index (χ4n) is 1.56. The summed E-state index contributed by atoms with van der Waals surface area (Å²) in [7, 11) is 1.74. The first-order valence-electron chi connectivity index (χ1n) is 5.59. The Bertz CT molecular complexity index is 565. The summed E-state index contributed by atoms with van der Waals surface area (Å²) in [5.41, 5.74) is 0.970. The summed E-state index contributed by atoms with van der Waals surface area (Å²) in [5.74, 6) is -0.0693. The van der Waals surface area contributed by atoms with Crippen LogP contribution in [0.3, 0.4) is 0 Å². The third kappa shape index (κ3) is 4.01. The van der Waals surface area contributed by atoms with E-state index in [-0.39, 0.29) is 18.3 Å². The summed E-state index contributed by atoms with van der Waals surface area (Å²) in [6.07, 6.45) is 0. The van der Waals surface area contributed by atoms with E-state index in [2.05, 4.69) is 34.7 Å². The van der Waals surface area contributed by atoms with Gasteiger partial charge in [-0.15, -0.1) is 35.1 Å². The lowest BCUT2D eigenvalue weighted by atomic mass is 10.3. The fraction of sp³-hybridized carbons (Fsp3) is 0.333. The third-order valence-electron chi connectivity index (χ3n) is 2.35. The number of hydrogen-bond donors (Lipinski definition) is 2. The zero-order chi connectivity index (χ0) is 13.1. The van der Waals surface area contributed by atoms with Crippen molar-refractivity contribution in [3.63, 3.8) is 0 Å². The summed E-state index contributed by atoms with van der Waals surface area (Å²) >= 11 is 3.23. The number of thiazole rings is 1. The Morgan fingerprint density at radius 3 is 2.63 bits per heavy atom. The van der Waals surface area contributed by atoms with Crippen LogP contribution < -0.4 is 10.6 Å². The summed E-state index contributed by atoms with van der Waals surface area (Å²) in [6, 6.07) is 4.15. The number of amides is 1. The Balaban J connectivity index is 0.00000180. The molecule has 4 nitrogen and oxygen atoms in total. The van der Waals surface area contributed by atoms with Crippen LogP contribution in [0.2, 0.25) is 0 Å². The van der Waals surface area contributed by atoms with Crippen molar-refractivity contribution in [3.05, 3.63) is 21.9 Å². The number of anilines is 1. The minimum atomic E-state index is -0.0693. The Hall–Kier alpha value is -0.950. The van der Waals surface area contributed by atoms with E-state index in [1.807, 2.05) is 6.92 Å². The van der Waals surface area contributed by atoms with Crippen LogP contribution in [0.15, 0.2) is 12.1 Å². The lowest BCUT2D eigenvalue weighted by Gasteiger charge is -1.98. The zero-order valence-electron chi connectivity index (χ0n) is 10.9. The molecule has 0 bridgehead atoms. The molecule has 0 saturated carbocycles. The number of halogens is 1. The van der Waals surface area contributed by atoms with E-state index in [0.29, 0.717) is 11.7 Å². The molecule has 0 aliphatic carbocycles. The topological polar surface area (TPSA) is 54.0 Å². The van der Waals surface area contributed by atoms with Crippen molar-refractivity contribution < 1.29 is 4.79 Å². The highest BCUT2D eigenvalue weighted by atomic mass is 35.5. The molecular formula is C12H16ClN3OS2. The van der Waals surface area contributed by atoms with Crippen molar-refractivity contribution in [1.29, 1.82) is 0 Å². The Morgan fingerprint density at radius 1 is 1.32 bits per heavy atom. The molecule has 7 heteroatoms. The molecule has 2 N–H and O–H groups in total. The molecule has 1 amide bonds. The van der Waals surface area contributed by atoms with Crippen LogP contribution in [0.1, 0.15) is 9.75 Å². The van der Waals surface area contributed by atoms with Gasteiger partial charge < -0.3 is 10.6 Å². The Labute approximate surface area is 126 Å². The molecule has 2 aromatic heterocycles. The molecule has 0 spiro atoms. The Kier molecular flexibility index (Phi) is 5.93. The molecule has 0 fully saturated rings. The molecule has 0 aliphatic rings. The summed E-state index contributed by atoms with van der Waals surface area (Å²) in [4.78, 5) is 19.5. The second-order valence-electron chi connectivity index (χ2n) is 3.91. The highest BCUT2D eigenvalue weighted by Crippen LogP contribution is 2.34. The fourth-order valence-corrected chi connectivity index (χ4v) is 3.39. The molecule has 2 aromatic rings. The molecule has 0 radical (unpaired) electrons. The van der Waals surface area contributed by atoms with Crippen LogP contribution in [0.25, 0.3) is 10.6 Å². The SMILES string of the molecule is CNCC(=O)Nc1nc(-c2ccc(C)s2)c(C)s1.Cl. The minimum Gasteiger partial charge on any atom is -0.311 e. The monoisotopic (exact) mass is 317 g/mol. The predicted octanol–water partition coefficient (Wildman–Crippen LogP) is 3.07. The quantitative estimate of drug-likeness (QED) is 0.911. The maximum atomic E-state index is 11.5. The number of aromatic nitrogens is 1. The Morgan fingerprint density at radius 2 is 2.05 bits per heavy atom. The van der Waals surface area contributed by atoms with Gasteiger partial charge in [-0.25, -0.2) is 4.98 Å². The van der Waals surface area contributed by atoms with Crippen molar-refractivity contribution >= 4 is 46.1 Å². The summed E-state index contributed by atoms with van der Waals surface area (Å²) < 4.78 is 0. The normalized spacial score (nSPS) is 10.1. The maximum Gasteiger partial charge on any atom is 0.240 e. The van der Waals surface area contributed by atoms with Gasteiger partial charge in [0.05, 0.1) is 17.1 Å². The van der Waals surface area contributed by atoms with Crippen molar-refractivity contribution in [1.82, 2.24) is 10.3 Å². The average Bonchev–Trinajstić information content (AvgIpc) is 2.85. The first kappa shape index (κ1) is 16.1. The molecule has 2 rings (SSSR count). The van der Waals surface area contributed by atoms with Crippen LogP contribution in [-0.4, -0.2) is 24.5 Å². The molecule has 0 saturated heterocycles. The number of rotatable bonds is 4. The van der Waals surface area contributed by atoms with Gasteiger partial charge in [0, 0.05) is 9.75 Å². The number of carbonyl (C=O) groups is 1. The van der Waals surface area contributed by atoms with E-state index in [1.54, 1.807) is 18.4 Å². The molecule has 0 unspecified atom stereocenters. The van der Waals surface area contributed by atoms with Gasteiger partial charge in [-0.05, 0) is 33.0 Å². The van der Waals surface area contributed by atoms with Crippen LogP contribution in [-0.2, 0) is 4.79 Å². The highest BCUT2D eigenvalue weighted by Gasteiger charge is 2.12. The van der Waals surface area contributed by atoms with Gasteiger partial charge in [0.15, 0.2) is 5.13 Å². The largest absolute Gasteiger partial charge is 0.311 e. The highest BCUT2D eigenvalue weighted by molar-refractivity contribution is 7.18. The molecule has 2 heterocycles. The van der Waals surface area contributed by atoms with Crippen LogP contribution >= 0.6 is 35.1 Å². The van der Waals surface area contributed by atoms with Crippen LogP contribution in [0.5, 0.6) is 0 Å². The molecule has 0 aromatic carbocycles. The minimum absolute atomic E-state index is 0. The first-order chi connectivity index (χ1) is 8.60. The van der Waals surface area contributed by atoms with Gasteiger partial charge in [0.25, 0.3) is 0 Å². The molecule has 0 aliphatic heterocycles. The van der Waals surface area contributed by atoms with Gasteiger partial charge in [-0.3, -0.25) is 4.79 Å². The van der Waals surface area contributed by atoms with E-state index < -0.39 is 0 Å². The van der Waals surface area contributed by atoms with Crippen molar-refractivity contribution in [2.75, 3.05) is 18.9 Å². The van der Waals surface area contributed by atoms with Crippen molar-refractivity contribution in [2.45, 2.75) is 13.8 Å². The summed E-state index contributed by atoms with van der Waals surface area (Å²) in [5, 5.41) is 6.26. The van der Waals surface area contributed by atoms with E-state index in [1.165, 1.54) is 16.2 Å². The number of likely N-dealkylation sites (N-methyl/N-ethyl adjacent to an activating group) is 1. The van der Waals surface area contributed by atoms with E-state index >= 15 is 0 Å². The van der Waals surface area contributed by atoms with Gasteiger partial charge in [0.1, 0.15) is 0 Å². The second-order valence-corrected chi connectivity index (χ2v) is 6.40. The number of aryl methyl sites for hydroxylation is 2. The number of nitrogens with zero attached hydrogens (tertiary/aromatic N) is 1. The molecule has 19 heavy (non-hydrogen) atoms. The average molecular weight is 318 g/mol. The number of carbonyl (C=O) groups excluding carboxylic acids is 1. The maximum absolute atomic E-state index is 11.5. The van der Waals surface area contributed by atoms with Gasteiger partial charge in [0.2, 0.25) is 5.91 Å². The lowest BCUT2D eigenvalue weighted by Crippen LogP contribution is -2.24. The van der Waals surface area contributed by atoms with Gasteiger partial charge >= 0.3 is 0 Å². The smallest absolute Gasteiger partial charge is 0.240 e. The number of thiophene rings is 1. The third-order valence-corrected chi connectivity index (χ3v) is 4.25. The van der Waals surface area contributed by atoms with Crippen molar-refractivity contribution in [2.24, 2.45) is 0 Å².